The van der Waals surface area contributed by atoms with Crippen molar-refractivity contribution in [2.75, 3.05) is 0 Å². The summed E-state index contributed by atoms with van der Waals surface area (Å²) in [6.45, 7) is 2.04. The van der Waals surface area contributed by atoms with Crippen molar-refractivity contribution in [2.24, 2.45) is 5.73 Å². The minimum Gasteiger partial charge on any atom is -0.348 e. The van der Waals surface area contributed by atoms with Gasteiger partial charge in [-0.1, -0.05) is 37.6 Å². The van der Waals surface area contributed by atoms with Gasteiger partial charge in [0.25, 0.3) is 0 Å². The average molecular weight is 246 g/mol. The summed E-state index contributed by atoms with van der Waals surface area (Å²) in [5.74, 6) is -0.0152. The highest BCUT2D eigenvalue weighted by atomic mass is 16.2. The molecule has 0 aliphatic heterocycles. The van der Waals surface area contributed by atoms with E-state index >= 15 is 0 Å². The maximum Gasteiger partial charge on any atom is 0.237 e. The summed E-state index contributed by atoms with van der Waals surface area (Å²) >= 11 is 0. The van der Waals surface area contributed by atoms with Crippen LogP contribution in [0.5, 0.6) is 0 Å². The molecule has 2 rings (SSSR count). The molecule has 1 amide bonds. The lowest BCUT2D eigenvalue weighted by molar-refractivity contribution is -0.123. The van der Waals surface area contributed by atoms with Gasteiger partial charge >= 0.3 is 0 Å². The number of carbonyl (C=O) groups is 1. The van der Waals surface area contributed by atoms with Gasteiger partial charge in [0.2, 0.25) is 5.91 Å². The molecule has 3 N–H and O–H groups in total. The van der Waals surface area contributed by atoms with Crippen LogP contribution in [0.2, 0.25) is 0 Å². The zero-order chi connectivity index (χ0) is 13.0. The molecule has 98 valence electrons. The van der Waals surface area contributed by atoms with E-state index in [9.17, 15) is 4.79 Å². The summed E-state index contributed by atoms with van der Waals surface area (Å²) in [5.41, 5.74) is 8.48. The number of hydrogen-bond acceptors (Lipinski definition) is 2. The molecule has 18 heavy (non-hydrogen) atoms. The smallest absolute Gasteiger partial charge is 0.237 e. The Hall–Kier alpha value is -1.35. The van der Waals surface area contributed by atoms with Gasteiger partial charge in [-0.2, -0.15) is 0 Å². The molecule has 1 aromatic carbocycles. The molecule has 0 heterocycles. The molecule has 3 heteroatoms. The van der Waals surface area contributed by atoms with Gasteiger partial charge in [-0.05, 0) is 36.8 Å². The van der Waals surface area contributed by atoms with Crippen molar-refractivity contribution in [1.29, 1.82) is 0 Å². The van der Waals surface area contributed by atoms with Crippen molar-refractivity contribution in [3.63, 3.8) is 0 Å². The van der Waals surface area contributed by atoms with Gasteiger partial charge in [0.15, 0.2) is 0 Å². The third kappa shape index (κ3) is 2.91. The molecule has 0 bridgehead atoms. The number of fused-ring (bicyclic) bond motifs is 1. The summed E-state index contributed by atoms with van der Waals surface area (Å²) in [6, 6.07) is 8.14. The van der Waals surface area contributed by atoms with Crippen LogP contribution in [0, 0.1) is 0 Å². The predicted molar refractivity (Wildman–Crippen MR) is 73.1 cm³/mol. The van der Waals surface area contributed by atoms with Crippen LogP contribution in [0.4, 0.5) is 0 Å². The Balaban J connectivity index is 2.05. The summed E-state index contributed by atoms with van der Waals surface area (Å²) in [6.07, 6.45) is 4.95. The molecular formula is C15H22N2O. The highest BCUT2D eigenvalue weighted by Gasteiger charge is 2.23. The van der Waals surface area contributed by atoms with Gasteiger partial charge in [0.05, 0.1) is 12.1 Å². The van der Waals surface area contributed by atoms with E-state index in [0.29, 0.717) is 0 Å². The number of rotatable bonds is 4. The van der Waals surface area contributed by atoms with Crippen LogP contribution in [-0.2, 0) is 11.2 Å². The lowest BCUT2D eigenvalue weighted by Crippen LogP contribution is -2.42. The normalized spacial score (nSPS) is 20.0. The van der Waals surface area contributed by atoms with Crippen LogP contribution < -0.4 is 11.1 Å². The Morgan fingerprint density at radius 3 is 3.06 bits per heavy atom. The van der Waals surface area contributed by atoms with Gasteiger partial charge in [-0.15, -0.1) is 0 Å². The van der Waals surface area contributed by atoms with Gasteiger partial charge in [0.1, 0.15) is 0 Å². The van der Waals surface area contributed by atoms with E-state index in [-0.39, 0.29) is 18.0 Å². The first-order valence-corrected chi connectivity index (χ1v) is 6.86. The maximum absolute atomic E-state index is 12.0. The third-order valence-corrected chi connectivity index (χ3v) is 3.62. The molecular weight excluding hydrogens is 224 g/mol. The van der Waals surface area contributed by atoms with Crippen LogP contribution in [0.15, 0.2) is 24.3 Å². The lowest BCUT2D eigenvalue weighted by atomic mass is 9.87. The maximum atomic E-state index is 12.0. The van der Waals surface area contributed by atoms with Crippen molar-refractivity contribution in [1.82, 2.24) is 5.32 Å². The Kier molecular flexibility index (Phi) is 4.37. The summed E-state index contributed by atoms with van der Waals surface area (Å²) in [7, 11) is 0. The molecule has 3 nitrogen and oxygen atoms in total. The molecule has 0 saturated heterocycles. The van der Waals surface area contributed by atoms with Gasteiger partial charge in [-0.3, -0.25) is 4.79 Å². The first-order valence-electron chi connectivity index (χ1n) is 6.86. The van der Waals surface area contributed by atoms with Crippen molar-refractivity contribution >= 4 is 5.91 Å². The first kappa shape index (κ1) is 13.1. The van der Waals surface area contributed by atoms with E-state index in [1.807, 2.05) is 13.0 Å². The Morgan fingerprint density at radius 2 is 2.28 bits per heavy atom. The quantitative estimate of drug-likeness (QED) is 0.856. The van der Waals surface area contributed by atoms with Crippen molar-refractivity contribution < 1.29 is 4.79 Å². The lowest BCUT2D eigenvalue weighted by Gasteiger charge is -2.27. The number of hydrogen-bond donors (Lipinski definition) is 2. The summed E-state index contributed by atoms with van der Waals surface area (Å²) < 4.78 is 0. The SMILES string of the molecule is CCCC(N)C(=O)NC1CCCc2ccccc21. The zero-order valence-electron chi connectivity index (χ0n) is 11.0. The third-order valence-electron chi connectivity index (χ3n) is 3.62. The van der Waals surface area contributed by atoms with E-state index in [0.717, 1.165) is 32.1 Å². The van der Waals surface area contributed by atoms with E-state index in [2.05, 4.69) is 23.5 Å². The molecule has 0 saturated carbocycles. The van der Waals surface area contributed by atoms with Gasteiger partial charge in [0, 0.05) is 0 Å². The molecule has 0 radical (unpaired) electrons. The van der Waals surface area contributed by atoms with E-state index in [1.54, 1.807) is 0 Å². The Bertz CT molecular complexity index is 417. The number of carbonyl (C=O) groups excluding carboxylic acids is 1. The fourth-order valence-corrected chi connectivity index (χ4v) is 2.62. The number of benzene rings is 1. The molecule has 1 aromatic rings. The number of aryl methyl sites for hydroxylation is 1. The first-order chi connectivity index (χ1) is 8.72. The number of nitrogens with one attached hydrogen (secondary N) is 1. The van der Waals surface area contributed by atoms with Gasteiger partial charge in [-0.25, -0.2) is 0 Å². The zero-order valence-corrected chi connectivity index (χ0v) is 11.0. The average Bonchev–Trinajstić information content (AvgIpc) is 2.39. The van der Waals surface area contributed by atoms with E-state index in [1.165, 1.54) is 11.1 Å². The summed E-state index contributed by atoms with van der Waals surface area (Å²) in [5, 5.41) is 3.10. The van der Waals surface area contributed by atoms with Crippen LogP contribution in [0.1, 0.15) is 49.8 Å². The van der Waals surface area contributed by atoms with Crippen LogP contribution >= 0.6 is 0 Å². The monoisotopic (exact) mass is 246 g/mol. The summed E-state index contributed by atoms with van der Waals surface area (Å²) in [4.78, 5) is 12.0. The Morgan fingerprint density at radius 1 is 1.50 bits per heavy atom. The van der Waals surface area contributed by atoms with E-state index in [4.69, 9.17) is 5.73 Å². The number of nitrogens with two attached hydrogens (primary N) is 1. The van der Waals surface area contributed by atoms with Crippen molar-refractivity contribution in [2.45, 2.75) is 51.1 Å². The second-order valence-corrected chi connectivity index (χ2v) is 5.05. The molecule has 1 aliphatic rings. The molecule has 2 atom stereocenters. The highest BCUT2D eigenvalue weighted by molar-refractivity contribution is 5.81. The second-order valence-electron chi connectivity index (χ2n) is 5.05. The molecule has 0 aromatic heterocycles. The topological polar surface area (TPSA) is 55.1 Å². The predicted octanol–water partition coefficient (Wildman–Crippen LogP) is 2.31. The number of amides is 1. The fourth-order valence-electron chi connectivity index (χ4n) is 2.62. The Labute approximate surface area is 109 Å². The van der Waals surface area contributed by atoms with Gasteiger partial charge < -0.3 is 11.1 Å². The molecule has 1 aliphatic carbocycles. The molecule has 0 spiro atoms. The van der Waals surface area contributed by atoms with Crippen molar-refractivity contribution in [3.05, 3.63) is 35.4 Å². The fraction of sp³-hybridized carbons (Fsp3) is 0.533. The minimum atomic E-state index is -0.371. The largest absolute Gasteiger partial charge is 0.348 e. The van der Waals surface area contributed by atoms with E-state index < -0.39 is 0 Å². The van der Waals surface area contributed by atoms with Crippen LogP contribution in [0.25, 0.3) is 0 Å². The standard InChI is InChI=1S/C15H22N2O/c1-2-6-13(16)15(18)17-14-10-5-8-11-7-3-4-9-12(11)14/h3-4,7,9,13-14H,2,5-6,8,10,16H2,1H3,(H,17,18). The highest BCUT2D eigenvalue weighted by Crippen LogP contribution is 2.29. The molecule has 2 unspecified atom stereocenters. The second kappa shape index (κ2) is 6.01. The van der Waals surface area contributed by atoms with Crippen molar-refractivity contribution in [3.8, 4) is 0 Å². The molecule has 0 fully saturated rings. The van der Waals surface area contributed by atoms with Crippen LogP contribution in [0.3, 0.4) is 0 Å². The minimum absolute atomic E-state index is 0.0152. The van der Waals surface area contributed by atoms with Crippen LogP contribution in [-0.4, -0.2) is 11.9 Å².